The second kappa shape index (κ2) is 5.45. The Labute approximate surface area is 106 Å². The maximum atomic E-state index is 11.2. The van der Waals surface area contributed by atoms with Gasteiger partial charge in [-0.3, -0.25) is 9.78 Å². The summed E-state index contributed by atoms with van der Waals surface area (Å²) in [5.74, 6) is 0.877. The number of pyridine rings is 1. The van der Waals surface area contributed by atoms with Gasteiger partial charge in [-0.05, 0) is 50.2 Å². The first kappa shape index (κ1) is 12.3. The fraction of sp³-hybridized carbons (Fsp3) is 0.200. The number of hydrogen-bond donors (Lipinski definition) is 0. The molecule has 2 aromatic rings. The van der Waals surface area contributed by atoms with Crippen LogP contribution in [-0.2, 0) is 0 Å². The molecule has 0 atom stereocenters. The summed E-state index contributed by atoms with van der Waals surface area (Å²) in [5, 5.41) is 0. The lowest BCUT2D eigenvalue weighted by Crippen LogP contribution is -1.94. The molecule has 2 rings (SSSR count). The molecule has 1 aromatic carbocycles. The summed E-state index contributed by atoms with van der Waals surface area (Å²) < 4.78 is 5.38. The molecule has 0 saturated heterocycles. The first-order valence-corrected chi connectivity index (χ1v) is 5.91. The Balaban J connectivity index is 2.23. The van der Waals surface area contributed by atoms with Crippen LogP contribution in [0.15, 0.2) is 42.6 Å². The maximum Gasteiger partial charge on any atom is 0.161 e. The van der Waals surface area contributed by atoms with Crippen LogP contribution in [0.4, 0.5) is 0 Å². The molecule has 0 unspecified atom stereocenters. The second-order valence-corrected chi connectivity index (χ2v) is 3.95. The van der Waals surface area contributed by atoms with E-state index in [2.05, 4.69) is 4.98 Å². The Hall–Kier alpha value is -2.16. The smallest absolute Gasteiger partial charge is 0.161 e. The number of Topliss-reactive ketones (excluding diaryl/α,β-unsaturated/α-hetero) is 1. The fourth-order valence-corrected chi connectivity index (χ4v) is 1.66. The lowest BCUT2D eigenvalue weighted by atomic mass is 10.1. The summed E-state index contributed by atoms with van der Waals surface area (Å²) in [7, 11) is 0. The van der Waals surface area contributed by atoms with Crippen LogP contribution in [0.1, 0.15) is 24.2 Å². The van der Waals surface area contributed by atoms with Crippen molar-refractivity contribution >= 4 is 5.78 Å². The number of carbonyl (C=O) groups is 1. The molecule has 3 nitrogen and oxygen atoms in total. The van der Waals surface area contributed by atoms with Crippen LogP contribution < -0.4 is 4.74 Å². The maximum absolute atomic E-state index is 11.2. The van der Waals surface area contributed by atoms with E-state index in [0.29, 0.717) is 12.2 Å². The lowest BCUT2D eigenvalue weighted by molar-refractivity contribution is 0.101. The van der Waals surface area contributed by atoms with Gasteiger partial charge in [0.15, 0.2) is 5.78 Å². The average Bonchev–Trinajstić information content (AvgIpc) is 2.40. The zero-order chi connectivity index (χ0) is 13.0. The molecule has 0 amide bonds. The summed E-state index contributed by atoms with van der Waals surface area (Å²) in [5.41, 5.74) is 2.49. The molecule has 92 valence electrons. The molecule has 0 N–H and O–H groups in total. The van der Waals surface area contributed by atoms with Gasteiger partial charge in [0.05, 0.1) is 12.3 Å². The Morgan fingerprint density at radius 1 is 1.17 bits per heavy atom. The highest BCUT2D eigenvalue weighted by Gasteiger charge is 2.02. The molecule has 0 fully saturated rings. The summed E-state index contributed by atoms with van der Waals surface area (Å²) in [6.07, 6.45) is 1.61. The monoisotopic (exact) mass is 241 g/mol. The van der Waals surface area contributed by atoms with E-state index in [9.17, 15) is 4.79 Å². The zero-order valence-corrected chi connectivity index (χ0v) is 10.5. The number of carbonyl (C=O) groups excluding carboxylic acids is 1. The number of nitrogens with zero attached hydrogens (tertiary/aromatic N) is 1. The van der Waals surface area contributed by atoms with Crippen LogP contribution >= 0.6 is 0 Å². The van der Waals surface area contributed by atoms with Crippen LogP contribution in [0.5, 0.6) is 5.75 Å². The average molecular weight is 241 g/mol. The molecule has 0 saturated carbocycles. The van der Waals surface area contributed by atoms with E-state index >= 15 is 0 Å². The number of aromatic nitrogens is 1. The second-order valence-electron chi connectivity index (χ2n) is 3.95. The van der Waals surface area contributed by atoms with Gasteiger partial charge in [-0.15, -0.1) is 0 Å². The quantitative estimate of drug-likeness (QED) is 0.770. The van der Waals surface area contributed by atoms with Crippen LogP contribution in [0.25, 0.3) is 11.3 Å². The highest BCUT2D eigenvalue weighted by atomic mass is 16.5. The van der Waals surface area contributed by atoms with Crippen molar-refractivity contribution in [3.8, 4) is 17.0 Å². The van der Waals surface area contributed by atoms with Crippen molar-refractivity contribution in [1.29, 1.82) is 0 Å². The van der Waals surface area contributed by atoms with E-state index in [1.807, 2.05) is 37.3 Å². The van der Waals surface area contributed by atoms with Gasteiger partial charge in [-0.1, -0.05) is 0 Å². The predicted octanol–water partition coefficient (Wildman–Crippen LogP) is 3.35. The Kier molecular flexibility index (Phi) is 3.72. The normalized spacial score (nSPS) is 10.1. The predicted molar refractivity (Wildman–Crippen MR) is 70.8 cm³/mol. The van der Waals surface area contributed by atoms with E-state index in [4.69, 9.17) is 4.74 Å². The van der Waals surface area contributed by atoms with Crippen molar-refractivity contribution in [2.45, 2.75) is 13.8 Å². The Bertz CT molecular complexity index is 529. The van der Waals surface area contributed by atoms with Gasteiger partial charge in [0.1, 0.15) is 5.75 Å². The lowest BCUT2D eigenvalue weighted by Gasteiger charge is -2.05. The molecule has 1 heterocycles. The highest BCUT2D eigenvalue weighted by molar-refractivity contribution is 5.93. The van der Waals surface area contributed by atoms with Gasteiger partial charge < -0.3 is 4.74 Å². The Morgan fingerprint density at radius 2 is 1.89 bits per heavy atom. The summed E-state index contributed by atoms with van der Waals surface area (Å²) >= 11 is 0. The van der Waals surface area contributed by atoms with Crippen LogP contribution in [0.3, 0.4) is 0 Å². The molecular formula is C15H15NO2. The highest BCUT2D eigenvalue weighted by Crippen LogP contribution is 2.20. The number of ketones is 1. The van der Waals surface area contributed by atoms with Crippen molar-refractivity contribution in [3.63, 3.8) is 0 Å². The van der Waals surface area contributed by atoms with Crippen molar-refractivity contribution in [3.05, 3.63) is 48.2 Å². The van der Waals surface area contributed by atoms with E-state index in [0.717, 1.165) is 17.0 Å². The van der Waals surface area contributed by atoms with Crippen LogP contribution in [-0.4, -0.2) is 17.4 Å². The van der Waals surface area contributed by atoms with E-state index in [-0.39, 0.29) is 5.78 Å². The largest absolute Gasteiger partial charge is 0.494 e. The molecular weight excluding hydrogens is 226 g/mol. The molecule has 1 aromatic heterocycles. The number of rotatable bonds is 4. The Morgan fingerprint density at radius 3 is 2.39 bits per heavy atom. The summed E-state index contributed by atoms with van der Waals surface area (Å²) in [4.78, 5) is 15.4. The van der Waals surface area contributed by atoms with Gasteiger partial charge in [-0.25, -0.2) is 0 Å². The fourth-order valence-electron chi connectivity index (χ4n) is 1.66. The number of benzene rings is 1. The summed E-state index contributed by atoms with van der Waals surface area (Å²) in [6, 6.07) is 11.4. The van der Waals surface area contributed by atoms with E-state index in [1.54, 1.807) is 12.3 Å². The van der Waals surface area contributed by atoms with Gasteiger partial charge in [-0.2, -0.15) is 0 Å². The van der Waals surface area contributed by atoms with Crippen molar-refractivity contribution in [1.82, 2.24) is 4.98 Å². The number of hydrogen-bond acceptors (Lipinski definition) is 3. The summed E-state index contributed by atoms with van der Waals surface area (Å²) in [6.45, 7) is 4.15. The zero-order valence-electron chi connectivity index (χ0n) is 10.5. The molecule has 0 radical (unpaired) electrons. The van der Waals surface area contributed by atoms with Crippen molar-refractivity contribution in [2.24, 2.45) is 0 Å². The SMILES string of the molecule is CCOc1ccc(-c2ccc(C(C)=O)cn2)cc1. The molecule has 0 bridgehead atoms. The van der Waals surface area contributed by atoms with Gasteiger partial charge in [0, 0.05) is 17.3 Å². The molecule has 0 aliphatic rings. The molecule has 0 aliphatic heterocycles. The van der Waals surface area contributed by atoms with Gasteiger partial charge in [0.25, 0.3) is 0 Å². The van der Waals surface area contributed by atoms with Crippen LogP contribution in [0, 0.1) is 0 Å². The first-order valence-electron chi connectivity index (χ1n) is 5.91. The standard InChI is InChI=1S/C15H15NO2/c1-3-18-14-7-4-12(5-8-14)15-9-6-13(10-16-15)11(2)17/h4-10H,3H2,1-2H3. The minimum Gasteiger partial charge on any atom is -0.494 e. The third-order valence-electron chi connectivity index (χ3n) is 2.63. The topological polar surface area (TPSA) is 39.2 Å². The molecule has 0 spiro atoms. The minimum atomic E-state index is 0.0285. The van der Waals surface area contributed by atoms with Crippen molar-refractivity contribution in [2.75, 3.05) is 6.61 Å². The number of ether oxygens (including phenoxy) is 1. The van der Waals surface area contributed by atoms with E-state index in [1.165, 1.54) is 6.92 Å². The minimum absolute atomic E-state index is 0.0285. The van der Waals surface area contributed by atoms with Gasteiger partial charge in [0.2, 0.25) is 0 Å². The third-order valence-corrected chi connectivity index (χ3v) is 2.63. The first-order chi connectivity index (χ1) is 8.70. The molecule has 18 heavy (non-hydrogen) atoms. The molecule has 0 aliphatic carbocycles. The third kappa shape index (κ3) is 2.74. The van der Waals surface area contributed by atoms with E-state index < -0.39 is 0 Å². The van der Waals surface area contributed by atoms with Crippen molar-refractivity contribution < 1.29 is 9.53 Å². The van der Waals surface area contributed by atoms with Crippen LogP contribution in [0.2, 0.25) is 0 Å². The molecule has 3 heteroatoms. The van der Waals surface area contributed by atoms with Gasteiger partial charge >= 0.3 is 0 Å².